The summed E-state index contributed by atoms with van der Waals surface area (Å²) >= 11 is 0. The molecule has 1 atom stereocenters. The monoisotopic (exact) mass is 366 g/mol. The second-order valence-electron chi connectivity index (χ2n) is 7.07. The van der Waals surface area contributed by atoms with Crippen LogP contribution in [0.15, 0.2) is 59.6 Å². The molecule has 1 heterocycles. The van der Waals surface area contributed by atoms with Crippen molar-refractivity contribution in [3.63, 3.8) is 0 Å². The molecular weight excluding hydrogens is 336 g/mol. The topological polar surface area (TPSA) is 59.9 Å². The molecule has 1 unspecified atom stereocenters. The number of aliphatic imine (C=N–C) groups is 1. The second kappa shape index (κ2) is 9.97. The van der Waals surface area contributed by atoms with Crippen LogP contribution < -0.4 is 10.6 Å². The molecule has 0 aliphatic carbocycles. The van der Waals surface area contributed by atoms with Crippen LogP contribution in [0.3, 0.4) is 0 Å². The second-order valence-corrected chi connectivity index (χ2v) is 7.07. The van der Waals surface area contributed by atoms with E-state index in [1.807, 2.05) is 12.1 Å². The third-order valence-corrected chi connectivity index (χ3v) is 4.80. The molecule has 5 heteroatoms. The predicted molar refractivity (Wildman–Crippen MR) is 111 cm³/mol. The summed E-state index contributed by atoms with van der Waals surface area (Å²) in [5.41, 5.74) is 2.45. The van der Waals surface area contributed by atoms with Crippen LogP contribution in [0.2, 0.25) is 0 Å². The number of hydrogen-bond acceptors (Lipinski definition) is 3. The maximum atomic E-state index is 9.40. The van der Waals surface area contributed by atoms with E-state index in [1.54, 1.807) is 12.1 Å². The quantitative estimate of drug-likeness (QED) is 0.543. The number of benzene rings is 2. The van der Waals surface area contributed by atoms with Crippen molar-refractivity contribution in [2.75, 3.05) is 19.6 Å². The first kappa shape index (κ1) is 19.2. The lowest BCUT2D eigenvalue weighted by molar-refractivity contribution is 0.192. The van der Waals surface area contributed by atoms with Crippen LogP contribution in [0.1, 0.15) is 30.9 Å². The largest absolute Gasteiger partial charge is 0.508 e. The average molecular weight is 367 g/mol. The Morgan fingerprint density at radius 3 is 2.63 bits per heavy atom. The van der Waals surface area contributed by atoms with E-state index in [9.17, 15) is 5.11 Å². The van der Waals surface area contributed by atoms with E-state index in [0.717, 1.165) is 44.1 Å². The number of guanidine groups is 1. The standard InChI is InChI=1S/C22H30N4O/c1-2-23-22(24-15-18-10-12-21(27)13-11-18)25-20-9-6-14-26(17-20)16-19-7-4-3-5-8-19/h3-5,7-8,10-13,20,27H,2,6,9,14-17H2,1H3,(H2,23,24,25). The first-order valence-corrected chi connectivity index (χ1v) is 9.82. The smallest absolute Gasteiger partial charge is 0.191 e. The lowest BCUT2D eigenvalue weighted by Gasteiger charge is -2.34. The maximum Gasteiger partial charge on any atom is 0.191 e. The van der Waals surface area contributed by atoms with Gasteiger partial charge in [0.15, 0.2) is 5.96 Å². The van der Waals surface area contributed by atoms with Gasteiger partial charge in [0, 0.05) is 25.7 Å². The molecule has 1 aliphatic rings. The fourth-order valence-corrected chi connectivity index (χ4v) is 3.44. The van der Waals surface area contributed by atoms with Gasteiger partial charge in [-0.25, -0.2) is 4.99 Å². The number of nitrogens with zero attached hydrogens (tertiary/aromatic N) is 2. The summed E-state index contributed by atoms with van der Waals surface area (Å²) in [5, 5.41) is 16.3. The van der Waals surface area contributed by atoms with Gasteiger partial charge in [0.1, 0.15) is 5.75 Å². The molecule has 2 aromatic carbocycles. The van der Waals surface area contributed by atoms with E-state index in [4.69, 9.17) is 4.99 Å². The SMILES string of the molecule is CCNC(=NCc1ccc(O)cc1)NC1CCCN(Cc2ccccc2)C1. The highest BCUT2D eigenvalue weighted by Crippen LogP contribution is 2.14. The third kappa shape index (κ3) is 6.29. The number of rotatable bonds is 6. The molecule has 3 rings (SSSR count). The van der Waals surface area contributed by atoms with Gasteiger partial charge in [0.2, 0.25) is 0 Å². The number of likely N-dealkylation sites (tertiary alicyclic amines) is 1. The normalized spacial score (nSPS) is 18.3. The van der Waals surface area contributed by atoms with Gasteiger partial charge in [-0.3, -0.25) is 4.90 Å². The highest BCUT2D eigenvalue weighted by atomic mass is 16.3. The predicted octanol–water partition coefficient (Wildman–Crippen LogP) is 3.11. The zero-order chi connectivity index (χ0) is 18.9. The van der Waals surface area contributed by atoms with Gasteiger partial charge < -0.3 is 15.7 Å². The molecule has 1 fully saturated rings. The molecule has 27 heavy (non-hydrogen) atoms. The summed E-state index contributed by atoms with van der Waals surface area (Å²) in [4.78, 5) is 7.22. The Balaban J connectivity index is 1.56. The number of nitrogens with one attached hydrogen (secondary N) is 2. The van der Waals surface area contributed by atoms with Gasteiger partial charge in [-0.2, -0.15) is 0 Å². The highest BCUT2D eigenvalue weighted by Gasteiger charge is 2.20. The van der Waals surface area contributed by atoms with Crippen molar-refractivity contribution in [3.8, 4) is 5.75 Å². The zero-order valence-corrected chi connectivity index (χ0v) is 16.1. The van der Waals surface area contributed by atoms with E-state index in [-0.39, 0.29) is 5.75 Å². The Labute approximate surface area is 162 Å². The molecule has 0 amide bonds. The van der Waals surface area contributed by atoms with Crippen molar-refractivity contribution in [1.82, 2.24) is 15.5 Å². The molecule has 1 aliphatic heterocycles. The first-order chi connectivity index (χ1) is 13.2. The van der Waals surface area contributed by atoms with E-state index < -0.39 is 0 Å². The number of phenolic OH excluding ortho intramolecular Hbond substituents is 1. The van der Waals surface area contributed by atoms with Crippen LogP contribution in [-0.2, 0) is 13.1 Å². The summed E-state index contributed by atoms with van der Waals surface area (Å²) in [6.45, 7) is 6.69. The van der Waals surface area contributed by atoms with Gasteiger partial charge in [-0.15, -0.1) is 0 Å². The number of piperidine rings is 1. The Hall–Kier alpha value is -2.53. The lowest BCUT2D eigenvalue weighted by Crippen LogP contribution is -2.50. The number of phenols is 1. The Morgan fingerprint density at radius 2 is 1.89 bits per heavy atom. The van der Waals surface area contributed by atoms with Crippen LogP contribution in [0.4, 0.5) is 0 Å². The summed E-state index contributed by atoms with van der Waals surface area (Å²) in [6.07, 6.45) is 2.36. The summed E-state index contributed by atoms with van der Waals surface area (Å²) < 4.78 is 0. The van der Waals surface area contributed by atoms with Crippen molar-refractivity contribution in [2.24, 2.45) is 4.99 Å². The molecule has 0 spiro atoms. The van der Waals surface area contributed by atoms with Gasteiger partial charge >= 0.3 is 0 Å². The zero-order valence-electron chi connectivity index (χ0n) is 16.1. The van der Waals surface area contributed by atoms with Crippen LogP contribution in [0.5, 0.6) is 5.75 Å². The van der Waals surface area contributed by atoms with E-state index in [1.165, 1.54) is 12.0 Å². The van der Waals surface area contributed by atoms with Gasteiger partial charge in [-0.05, 0) is 49.6 Å². The molecule has 2 aromatic rings. The van der Waals surface area contributed by atoms with Gasteiger partial charge in [-0.1, -0.05) is 42.5 Å². The minimum atomic E-state index is 0.286. The Morgan fingerprint density at radius 1 is 1.11 bits per heavy atom. The molecule has 144 valence electrons. The number of hydrogen-bond donors (Lipinski definition) is 3. The van der Waals surface area contributed by atoms with Gasteiger partial charge in [0.25, 0.3) is 0 Å². The van der Waals surface area contributed by atoms with Gasteiger partial charge in [0.05, 0.1) is 6.54 Å². The van der Waals surface area contributed by atoms with Crippen molar-refractivity contribution in [3.05, 3.63) is 65.7 Å². The van der Waals surface area contributed by atoms with Crippen molar-refractivity contribution >= 4 is 5.96 Å². The highest BCUT2D eigenvalue weighted by molar-refractivity contribution is 5.80. The van der Waals surface area contributed by atoms with E-state index >= 15 is 0 Å². The van der Waals surface area contributed by atoms with Crippen molar-refractivity contribution in [2.45, 2.75) is 38.9 Å². The molecule has 3 N–H and O–H groups in total. The van der Waals surface area contributed by atoms with Crippen molar-refractivity contribution < 1.29 is 5.11 Å². The van der Waals surface area contributed by atoms with Crippen molar-refractivity contribution in [1.29, 1.82) is 0 Å². The van der Waals surface area contributed by atoms with E-state index in [0.29, 0.717) is 12.6 Å². The first-order valence-electron chi connectivity index (χ1n) is 9.82. The third-order valence-electron chi connectivity index (χ3n) is 4.80. The summed E-state index contributed by atoms with van der Waals surface area (Å²) in [5.74, 6) is 1.14. The molecule has 0 aromatic heterocycles. The van der Waals surface area contributed by atoms with E-state index in [2.05, 4.69) is 52.8 Å². The molecule has 1 saturated heterocycles. The molecule has 5 nitrogen and oxygen atoms in total. The maximum absolute atomic E-state index is 9.40. The molecule has 0 bridgehead atoms. The fraction of sp³-hybridized carbons (Fsp3) is 0.409. The lowest BCUT2D eigenvalue weighted by atomic mass is 10.0. The van der Waals surface area contributed by atoms with Crippen LogP contribution >= 0.6 is 0 Å². The van der Waals surface area contributed by atoms with Crippen LogP contribution in [-0.4, -0.2) is 41.6 Å². The fourth-order valence-electron chi connectivity index (χ4n) is 3.44. The summed E-state index contributed by atoms with van der Waals surface area (Å²) in [6, 6.07) is 18.3. The van der Waals surface area contributed by atoms with Crippen LogP contribution in [0, 0.1) is 0 Å². The Bertz CT molecular complexity index is 715. The summed E-state index contributed by atoms with van der Waals surface area (Å²) in [7, 11) is 0. The Kier molecular flexibility index (Phi) is 7.11. The minimum Gasteiger partial charge on any atom is -0.508 e. The minimum absolute atomic E-state index is 0.286. The molecule has 0 saturated carbocycles. The number of aromatic hydroxyl groups is 1. The molecular formula is C22H30N4O. The van der Waals surface area contributed by atoms with Crippen LogP contribution in [0.25, 0.3) is 0 Å². The molecule has 0 radical (unpaired) electrons. The average Bonchev–Trinajstić information content (AvgIpc) is 2.69.